The second-order valence-corrected chi connectivity index (χ2v) is 8.11. The van der Waals surface area contributed by atoms with Crippen molar-refractivity contribution in [3.8, 4) is 0 Å². The number of nitrogens with one attached hydrogen (secondary N) is 2. The molecule has 3 aromatic rings. The van der Waals surface area contributed by atoms with Gasteiger partial charge in [-0.1, -0.05) is 43.3 Å². The first kappa shape index (κ1) is 20.6. The topological polar surface area (TPSA) is 48.1 Å². The van der Waals surface area contributed by atoms with Gasteiger partial charge in [0.1, 0.15) is 5.82 Å². The zero-order chi connectivity index (χ0) is 20.9. The number of aromatic nitrogens is 1. The van der Waals surface area contributed by atoms with E-state index in [9.17, 15) is 9.18 Å². The molecule has 4 rings (SSSR count). The summed E-state index contributed by atoms with van der Waals surface area (Å²) < 4.78 is 14.7. The normalized spacial score (nSPS) is 15.5. The van der Waals surface area contributed by atoms with E-state index in [4.69, 9.17) is 0 Å². The first-order valence-electron chi connectivity index (χ1n) is 11.0. The van der Waals surface area contributed by atoms with Crippen LogP contribution in [0, 0.1) is 5.82 Å². The van der Waals surface area contributed by atoms with Crippen LogP contribution in [0.4, 0.5) is 4.39 Å². The Hall–Kier alpha value is -2.66. The Morgan fingerprint density at radius 1 is 1.13 bits per heavy atom. The highest BCUT2D eigenvalue weighted by atomic mass is 19.1. The minimum Gasteiger partial charge on any atom is -0.361 e. The highest BCUT2D eigenvalue weighted by Crippen LogP contribution is 2.35. The highest BCUT2D eigenvalue weighted by molar-refractivity contribution is 5.88. The molecule has 2 N–H and O–H groups in total. The van der Waals surface area contributed by atoms with Crippen LogP contribution in [0.1, 0.15) is 48.8 Å². The fraction of sp³-hybridized carbons (Fsp3) is 0.400. The van der Waals surface area contributed by atoms with Gasteiger partial charge in [-0.15, -0.1) is 0 Å². The van der Waals surface area contributed by atoms with Crippen LogP contribution in [0.5, 0.6) is 0 Å². The molecule has 2 aromatic carbocycles. The van der Waals surface area contributed by atoms with Crippen molar-refractivity contribution in [3.05, 3.63) is 71.2 Å². The van der Waals surface area contributed by atoms with Gasteiger partial charge in [-0.2, -0.15) is 0 Å². The molecule has 1 fully saturated rings. The van der Waals surface area contributed by atoms with E-state index in [1.165, 1.54) is 24.5 Å². The van der Waals surface area contributed by atoms with E-state index in [2.05, 4.69) is 34.3 Å². The van der Waals surface area contributed by atoms with Crippen molar-refractivity contribution in [1.82, 2.24) is 15.2 Å². The molecular weight excluding hydrogens is 377 g/mol. The molecule has 4 nitrogen and oxygen atoms in total. The first-order chi connectivity index (χ1) is 14.7. The lowest BCUT2D eigenvalue weighted by Gasteiger charge is -2.19. The molecular formula is C25H30FN3O. The van der Waals surface area contributed by atoms with Crippen LogP contribution >= 0.6 is 0 Å². The average Bonchev–Trinajstić information content (AvgIpc) is 3.42. The molecule has 158 valence electrons. The van der Waals surface area contributed by atoms with Gasteiger partial charge in [0.2, 0.25) is 5.91 Å². The number of amides is 1. The van der Waals surface area contributed by atoms with E-state index in [-0.39, 0.29) is 24.1 Å². The van der Waals surface area contributed by atoms with Gasteiger partial charge in [0.25, 0.3) is 0 Å². The van der Waals surface area contributed by atoms with Crippen LogP contribution in [0.2, 0.25) is 0 Å². The van der Waals surface area contributed by atoms with E-state index in [0.29, 0.717) is 12.1 Å². The Balaban J connectivity index is 1.58. The van der Waals surface area contributed by atoms with Gasteiger partial charge in [-0.05, 0) is 55.1 Å². The maximum Gasteiger partial charge on any atom is 0.220 e. The number of aryl methyl sites for hydroxylation is 1. The van der Waals surface area contributed by atoms with Crippen LogP contribution in [-0.4, -0.2) is 42.0 Å². The maximum absolute atomic E-state index is 14.7. The number of H-pyrrole nitrogens is 1. The van der Waals surface area contributed by atoms with Gasteiger partial charge >= 0.3 is 0 Å². The Labute approximate surface area is 177 Å². The monoisotopic (exact) mass is 407 g/mol. The van der Waals surface area contributed by atoms with Gasteiger partial charge < -0.3 is 15.2 Å². The maximum atomic E-state index is 14.7. The summed E-state index contributed by atoms with van der Waals surface area (Å²) in [6.45, 7) is 5.86. The molecule has 1 amide bonds. The summed E-state index contributed by atoms with van der Waals surface area (Å²) in [6.07, 6.45) is 5.56. The third-order valence-corrected chi connectivity index (χ3v) is 6.21. The molecule has 0 saturated carbocycles. The molecule has 1 unspecified atom stereocenters. The van der Waals surface area contributed by atoms with Crippen molar-refractivity contribution in [2.24, 2.45) is 0 Å². The molecule has 1 atom stereocenters. The fourth-order valence-electron chi connectivity index (χ4n) is 4.58. The number of hydrogen-bond donors (Lipinski definition) is 2. The summed E-state index contributed by atoms with van der Waals surface area (Å²) in [5.74, 6) is -0.643. The molecule has 2 heterocycles. The summed E-state index contributed by atoms with van der Waals surface area (Å²) in [5, 5.41) is 4.11. The SMILES string of the molecule is CCc1cccc2c(C(CC(=O)NCCN3CCCC3)c3ccccc3F)c[nH]c12. The van der Waals surface area contributed by atoms with Gasteiger partial charge in [-0.25, -0.2) is 4.39 Å². The van der Waals surface area contributed by atoms with E-state index < -0.39 is 0 Å². The summed E-state index contributed by atoms with van der Waals surface area (Å²) in [6, 6.07) is 13.0. The van der Waals surface area contributed by atoms with Crippen LogP contribution in [0.25, 0.3) is 10.9 Å². The smallest absolute Gasteiger partial charge is 0.220 e. The third kappa shape index (κ3) is 4.41. The molecule has 30 heavy (non-hydrogen) atoms. The van der Waals surface area contributed by atoms with Crippen LogP contribution in [0.3, 0.4) is 0 Å². The van der Waals surface area contributed by atoms with Gasteiger partial charge in [0.05, 0.1) is 0 Å². The lowest BCUT2D eigenvalue weighted by atomic mass is 9.87. The number of para-hydroxylation sites is 1. The number of likely N-dealkylation sites (tertiary alicyclic amines) is 1. The number of nitrogens with zero attached hydrogens (tertiary/aromatic N) is 1. The third-order valence-electron chi connectivity index (χ3n) is 6.21. The van der Waals surface area contributed by atoms with E-state index >= 15 is 0 Å². The average molecular weight is 408 g/mol. The number of aromatic amines is 1. The Kier molecular flexibility index (Phi) is 6.48. The van der Waals surface area contributed by atoms with E-state index in [0.717, 1.165) is 42.5 Å². The molecule has 5 heteroatoms. The molecule has 0 spiro atoms. The molecule has 0 radical (unpaired) electrons. The second kappa shape index (κ2) is 9.43. The van der Waals surface area contributed by atoms with E-state index in [1.54, 1.807) is 12.1 Å². The number of carbonyl (C=O) groups is 1. The van der Waals surface area contributed by atoms with E-state index in [1.807, 2.05) is 18.3 Å². The van der Waals surface area contributed by atoms with Crippen molar-refractivity contribution < 1.29 is 9.18 Å². The summed E-state index contributed by atoms with van der Waals surface area (Å²) in [7, 11) is 0. The Bertz CT molecular complexity index is 1010. The summed E-state index contributed by atoms with van der Waals surface area (Å²) in [5.41, 5.74) is 3.84. The number of benzene rings is 2. The minimum atomic E-state index is -0.334. The number of halogens is 1. The molecule has 1 aliphatic heterocycles. The molecule has 1 aromatic heterocycles. The lowest BCUT2D eigenvalue weighted by molar-refractivity contribution is -0.121. The Morgan fingerprint density at radius 2 is 1.93 bits per heavy atom. The highest BCUT2D eigenvalue weighted by Gasteiger charge is 2.24. The summed E-state index contributed by atoms with van der Waals surface area (Å²) in [4.78, 5) is 18.5. The summed E-state index contributed by atoms with van der Waals surface area (Å²) >= 11 is 0. The molecule has 0 bridgehead atoms. The zero-order valence-electron chi connectivity index (χ0n) is 17.6. The van der Waals surface area contributed by atoms with Crippen LogP contribution in [-0.2, 0) is 11.2 Å². The number of rotatable bonds is 8. The van der Waals surface area contributed by atoms with Gasteiger partial charge in [-0.3, -0.25) is 4.79 Å². The van der Waals surface area contributed by atoms with Crippen LogP contribution in [0.15, 0.2) is 48.7 Å². The molecule has 1 aliphatic rings. The quantitative estimate of drug-likeness (QED) is 0.573. The second-order valence-electron chi connectivity index (χ2n) is 8.11. The minimum absolute atomic E-state index is 0.0385. The van der Waals surface area contributed by atoms with Crippen molar-refractivity contribution in [3.63, 3.8) is 0 Å². The predicted molar refractivity (Wildman–Crippen MR) is 119 cm³/mol. The van der Waals surface area contributed by atoms with Crippen LogP contribution < -0.4 is 5.32 Å². The van der Waals surface area contributed by atoms with Crippen molar-refractivity contribution in [2.75, 3.05) is 26.2 Å². The first-order valence-corrected chi connectivity index (χ1v) is 11.0. The fourth-order valence-corrected chi connectivity index (χ4v) is 4.58. The van der Waals surface area contributed by atoms with Crippen molar-refractivity contribution in [2.45, 2.75) is 38.5 Å². The lowest BCUT2D eigenvalue weighted by Crippen LogP contribution is -2.34. The van der Waals surface area contributed by atoms with Crippen molar-refractivity contribution >= 4 is 16.8 Å². The van der Waals surface area contributed by atoms with Crippen molar-refractivity contribution in [1.29, 1.82) is 0 Å². The largest absolute Gasteiger partial charge is 0.361 e. The number of carbonyl (C=O) groups excluding carboxylic acids is 1. The number of fused-ring (bicyclic) bond motifs is 1. The standard InChI is InChI=1S/C25H30FN3O/c1-2-18-8-7-10-20-22(17-28-25(18)20)21(19-9-3-4-11-23(19)26)16-24(30)27-12-15-29-13-5-6-14-29/h3-4,7-11,17,21,28H,2,5-6,12-16H2,1H3,(H,27,30). The van der Waals surface area contributed by atoms with Gasteiger partial charge in [0.15, 0.2) is 0 Å². The predicted octanol–water partition coefficient (Wildman–Crippen LogP) is 4.60. The molecule has 0 aliphatic carbocycles. The zero-order valence-corrected chi connectivity index (χ0v) is 17.6. The molecule has 1 saturated heterocycles. The van der Waals surface area contributed by atoms with Gasteiger partial charge in [0, 0.05) is 42.5 Å². The Morgan fingerprint density at radius 3 is 2.70 bits per heavy atom. The number of hydrogen-bond acceptors (Lipinski definition) is 2.